The lowest BCUT2D eigenvalue weighted by Gasteiger charge is -2.18. The first-order chi connectivity index (χ1) is 7.84. The molecule has 0 spiro atoms. The third-order valence-electron chi connectivity index (χ3n) is 3.16. The predicted molar refractivity (Wildman–Crippen MR) is 68.6 cm³/mol. The average Bonchev–Trinajstić information content (AvgIpc) is 2.30. The first kappa shape index (κ1) is 11.2. The van der Waals surface area contributed by atoms with Crippen molar-refractivity contribution in [3.05, 3.63) is 35.9 Å². The number of amidine groups is 1. The molecule has 86 valence electrons. The summed E-state index contributed by atoms with van der Waals surface area (Å²) >= 11 is 0. The van der Waals surface area contributed by atoms with Gasteiger partial charge in [-0.2, -0.15) is 0 Å². The monoisotopic (exact) mass is 216 g/mol. The minimum absolute atomic E-state index is 0.484. The van der Waals surface area contributed by atoms with E-state index in [4.69, 9.17) is 5.73 Å². The Morgan fingerprint density at radius 3 is 2.81 bits per heavy atom. The van der Waals surface area contributed by atoms with E-state index in [1.807, 2.05) is 0 Å². The summed E-state index contributed by atoms with van der Waals surface area (Å²) in [6, 6.07) is 11.1. The van der Waals surface area contributed by atoms with Crippen LogP contribution in [0.2, 0.25) is 0 Å². The van der Waals surface area contributed by atoms with Gasteiger partial charge < -0.3 is 5.73 Å². The second-order valence-electron chi connectivity index (χ2n) is 4.54. The van der Waals surface area contributed by atoms with Gasteiger partial charge in [-0.05, 0) is 37.7 Å². The minimum Gasteiger partial charge on any atom is -0.387 e. The van der Waals surface area contributed by atoms with E-state index >= 15 is 0 Å². The summed E-state index contributed by atoms with van der Waals surface area (Å²) in [4.78, 5) is 4.51. The molecular formula is C14H20N2. The summed E-state index contributed by atoms with van der Waals surface area (Å²) in [5, 5.41) is 0. The summed E-state index contributed by atoms with van der Waals surface area (Å²) in [6.45, 7) is 0. The zero-order valence-corrected chi connectivity index (χ0v) is 9.73. The standard InChI is InChI=1S/C14H20N2/c15-14-11-5-10-13(16-14)9-4-8-12-6-2-1-3-7-12/h1-3,6-7,13H,4-5,8-11H2,(H2,15,16). The van der Waals surface area contributed by atoms with Gasteiger partial charge in [0.15, 0.2) is 0 Å². The lowest BCUT2D eigenvalue weighted by atomic mass is 9.99. The quantitative estimate of drug-likeness (QED) is 0.825. The molecule has 0 amide bonds. The molecule has 0 aromatic heterocycles. The Hall–Kier alpha value is -1.31. The molecule has 0 fully saturated rings. The van der Waals surface area contributed by atoms with Crippen LogP contribution >= 0.6 is 0 Å². The molecular weight excluding hydrogens is 196 g/mol. The Balaban J connectivity index is 1.74. The predicted octanol–water partition coefficient (Wildman–Crippen LogP) is 2.92. The van der Waals surface area contributed by atoms with Crippen molar-refractivity contribution in [2.75, 3.05) is 0 Å². The van der Waals surface area contributed by atoms with E-state index in [1.165, 1.54) is 31.2 Å². The molecule has 2 rings (SSSR count). The Bertz CT molecular complexity index is 343. The second kappa shape index (κ2) is 5.69. The van der Waals surface area contributed by atoms with Gasteiger partial charge >= 0.3 is 0 Å². The maximum atomic E-state index is 5.76. The molecule has 0 bridgehead atoms. The minimum atomic E-state index is 0.484. The van der Waals surface area contributed by atoms with Crippen molar-refractivity contribution in [1.82, 2.24) is 0 Å². The molecule has 1 aliphatic heterocycles. The van der Waals surface area contributed by atoms with Crippen LogP contribution in [0.25, 0.3) is 0 Å². The highest BCUT2D eigenvalue weighted by Crippen LogP contribution is 2.17. The molecule has 1 atom stereocenters. The number of hydrogen-bond donors (Lipinski definition) is 1. The molecule has 1 heterocycles. The summed E-state index contributed by atoms with van der Waals surface area (Å²) in [5.74, 6) is 0.857. The Kier molecular flexibility index (Phi) is 3.97. The van der Waals surface area contributed by atoms with E-state index in [9.17, 15) is 0 Å². The SMILES string of the molecule is NC1=NC(CCCc2ccccc2)CCC1. The summed E-state index contributed by atoms with van der Waals surface area (Å²) in [7, 11) is 0. The molecule has 2 heteroatoms. The largest absolute Gasteiger partial charge is 0.387 e. The fourth-order valence-corrected chi connectivity index (χ4v) is 2.28. The van der Waals surface area contributed by atoms with E-state index in [2.05, 4.69) is 35.3 Å². The highest BCUT2D eigenvalue weighted by Gasteiger charge is 2.12. The number of nitrogens with zero attached hydrogens (tertiary/aromatic N) is 1. The lowest BCUT2D eigenvalue weighted by Crippen LogP contribution is -2.21. The van der Waals surface area contributed by atoms with E-state index in [0.717, 1.165) is 18.7 Å². The maximum Gasteiger partial charge on any atom is 0.0940 e. The van der Waals surface area contributed by atoms with Crippen molar-refractivity contribution in [2.24, 2.45) is 10.7 Å². The zero-order valence-electron chi connectivity index (χ0n) is 9.73. The zero-order chi connectivity index (χ0) is 11.2. The smallest absolute Gasteiger partial charge is 0.0940 e. The number of rotatable bonds is 4. The van der Waals surface area contributed by atoms with Crippen molar-refractivity contribution >= 4 is 5.84 Å². The van der Waals surface area contributed by atoms with Crippen molar-refractivity contribution in [3.63, 3.8) is 0 Å². The molecule has 16 heavy (non-hydrogen) atoms. The molecule has 1 unspecified atom stereocenters. The van der Waals surface area contributed by atoms with Gasteiger partial charge in [0.25, 0.3) is 0 Å². The number of aryl methyl sites for hydroxylation is 1. The van der Waals surface area contributed by atoms with Crippen LogP contribution < -0.4 is 5.73 Å². The molecule has 1 aromatic rings. The summed E-state index contributed by atoms with van der Waals surface area (Å²) in [6.07, 6.45) is 6.98. The van der Waals surface area contributed by atoms with Gasteiger partial charge in [0.05, 0.1) is 11.9 Å². The molecule has 0 saturated heterocycles. The van der Waals surface area contributed by atoms with Crippen LogP contribution in [0.3, 0.4) is 0 Å². The maximum absolute atomic E-state index is 5.76. The fourth-order valence-electron chi connectivity index (χ4n) is 2.28. The van der Waals surface area contributed by atoms with Crippen LogP contribution in [0, 0.1) is 0 Å². The van der Waals surface area contributed by atoms with Crippen LogP contribution in [0.15, 0.2) is 35.3 Å². The van der Waals surface area contributed by atoms with Gasteiger partial charge in [-0.3, -0.25) is 4.99 Å². The molecule has 1 aromatic carbocycles. The van der Waals surface area contributed by atoms with Crippen LogP contribution in [0.5, 0.6) is 0 Å². The van der Waals surface area contributed by atoms with Crippen molar-refractivity contribution < 1.29 is 0 Å². The number of benzene rings is 1. The molecule has 0 aliphatic carbocycles. The van der Waals surface area contributed by atoms with Crippen molar-refractivity contribution in [1.29, 1.82) is 0 Å². The molecule has 2 nitrogen and oxygen atoms in total. The second-order valence-corrected chi connectivity index (χ2v) is 4.54. The Morgan fingerprint density at radius 1 is 1.25 bits per heavy atom. The van der Waals surface area contributed by atoms with Crippen LogP contribution in [0.1, 0.15) is 37.7 Å². The summed E-state index contributed by atoms with van der Waals surface area (Å²) in [5.41, 5.74) is 7.18. The van der Waals surface area contributed by atoms with Crippen LogP contribution in [0.4, 0.5) is 0 Å². The number of hydrogen-bond acceptors (Lipinski definition) is 2. The van der Waals surface area contributed by atoms with Crippen molar-refractivity contribution in [3.8, 4) is 0 Å². The number of nitrogens with two attached hydrogens (primary N) is 1. The number of aliphatic imine (C=N–C) groups is 1. The lowest BCUT2D eigenvalue weighted by molar-refractivity contribution is 0.515. The average molecular weight is 216 g/mol. The topological polar surface area (TPSA) is 38.4 Å². The van der Waals surface area contributed by atoms with Gasteiger partial charge in [0.1, 0.15) is 0 Å². The van der Waals surface area contributed by atoms with E-state index in [-0.39, 0.29) is 0 Å². The Morgan fingerprint density at radius 2 is 2.06 bits per heavy atom. The normalized spacial score (nSPS) is 20.5. The Labute approximate surface area is 97.6 Å². The van der Waals surface area contributed by atoms with Gasteiger partial charge in [-0.25, -0.2) is 0 Å². The first-order valence-electron chi connectivity index (χ1n) is 6.20. The first-order valence-corrected chi connectivity index (χ1v) is 6.20. The van der Waals surface area contributed by atoms with Gasteiger partial charge in [-0.1, -0.05) is 30.3 Å². The van der Waals surface area contributed by atoms with E-state index in [1.54, 1.807) is 0 Å². The fraction of sp³-hybridized carbons (Fsp3) is 0.500. The van der Waals surface area contributed by atoms with Gasteiger partial charge in [0.2, 0.25) is 0 Å². The summed E-state index contributed by atoms with van der Waals surface area (Å²) < 4.78 is 0. The molecule has 0 saturated carbocycles. The van der Waals surface area contributed by atoms with Gasteiger partial charge in [-0.15, -0.1) is 0 Å². The van der Waals surface area contributed by atoms with Gasteiger partial charge in [0, 0.05) is 6.42 Å². The van der Waals surface area contributed by atoms with E-state index < -0.39 is 0 Å². The van der Waals surface area contributed by atoms with E-state index in [0.29, 0.717) is 6.04 Å². The third-order valence-corrected chi connectivity index (χ3v) is 3.16. The molecule has 0 radical (unpaired) electrons. The van der Waals surface area contributed by atoms with Crippen LogP contribution in [-0.4, -0.2) is 11.9 Å². The highest BCUT2D eigenvalue weighted by atomic mass is 14.9. The molecule has 1 aliphatic rings. The van der Waals surface area contributed by atoms with Crippen molar-refractivity contribution in [2.45, 2.75) is 44.6 Å². The highest BCUT2D eigenvalue weighted by molar-refractivity contribution is 5.80. The third kappa shape index (κ3) is 3.37. The molecule has 2 N–H and O–H groups in total. The van der Waals surface area contributed by atoms with Crippen LogP contribution in [-0.2, 0) is 6.42 Å².